The summed E-state index contributed by atoms with van der Waals surface area (Å²) in [5, 5.41) is 4.44. The first-order valence-corrected chi connectivity index (χ1v) is 13.1. The van der Waals surface area contributed by atoms with Crippen LogP contribution in [0.2, 0.25) is 0 Å². The lowest BCUT2D eigenvalue weighted by Crippen LogP contribution is -2.50. The Hall–Kier alpha value is -4.60. The second-order valence-corrected chi connectivity index (χ2v) is 10.6. The van der Waals surface area contributed by atoms with E-state index in [2.05, 4.69) is 15.0 Å². The van der Waals surface area contributed by atoms with Gasteiger partial charge in [0.15, 0.2) is 0 Å². The molecule has 0 bridgehead atoms. The largest absolute Gasteiger partial charge is 0.496 e. The van der Waals surface area contributed by atoms with Gasteiger partial charge in [0.05, 0.1) is 24.7 Å². The third-order valence-electron chi connectivity index (χ3n) is 6.67. The summed E-state index contributed by atoms with van der Waals surface area (Å²) in [5.41, 5.74) is 10.3. The van der Waals surface area contributed by atoms with Crippen LogP contribution in [0.1, 0.15) is 20.8 Å². The molecule has 0 atom stereocenters. The van der Waals surface area contributed by atoms with Crippen molar-refractivity contribution in [3.8, 4) is 33.8 Å². The molecule has 0 aliphatic carbocycles. The highest BCUT2D eigenvalue weighted by molar-refractivity contribution is 5.87. The van der Waals surface area contributed by atoms with Crippen LogP contribution in [-0.2, 0) is 4.74 Å². The van der Waals surface area contributed by atoms with Gasteiger partial charge in [-0.15, -0.1) is 0 Å². The zero-order chi connectivity index (χ0) is 28.4. The van der Waals surface area contributed by atoms with Gasteiger partial charge >= 0.3 is 6.09 Å². The Morgan fingerprint density at radius 1 is 0.950 bits per heavy atom. The molecule has 10 heteroatoms. The van der Waals surface area contributed by atoms with E-state index < -0.39 is 5.60 Å². The normalized spacial score (nSPS) is 13.8. The Balaban J connectivity index is 1.44. The van der Waals surface area contributed by atoms with Crippen molar-refractivity contribution >= 4 is 17.6 Å². The van der Waals surface area contributed by atoms with Crippen LogP contribution in [0.3, 0.4) is 0 Å². The summed E-state index contributed by atoms with van der Waals surface area (Å²) >= 11 is 0. The van der Waals surface area contributed by atoms with Gasteiger partial charge in [-0.3, -0.25) is 0 Å². The number of nitrogen functional groups attached to an aromatic ring is 1. The molecule has 40 heavy (non-hydrogen) atoms. The molecule has 1 fully saturated rings. The highest BCUT2D eigenvalue weighted by atomic mass is 19.1. The van der Waals surface area contributed by atoms with Crippen molar-refractivity contribution in [3.05, 3.63) is 72.8 Å². The summed E-state index contributed by atoms with van der Waals surface area (Å²) in [7, 11) is 1.63. The molecule has 0 unspecified atom stereocenters. The molecule has 0 spiro atoms. The molecule has 3 heterocycles. The molecule has 2 N–H and O–H groups in total. The number of piperazine rings is 1. The Morgan fingerprint density at radius 3 is 2.42 bits per heavy atom. The van der Waals surface area contributed by atoms with Crippen molar-refractivity contribution in [2.24, 2.45) is 0 Å². The zero-order valence-corrected chi connectivity index (χ0v) is 23.1. The van der Waals surface area contributed by atoms with E-state index in [0.29, 0.717) is 43.4 Å². The molecule has 208 valence electrons. The number of hydrogen-bond acceptors (Lipinski definition) is 7. The van der Waals surface area contributed by atoms with Gasteiger partial charge < -0.3 is 25.0 Å². The predicted octanol–water partition coefficient (Wildman–Crippen LogP) is 5.39. The van der Waals surface area contributed by atoms with Gasteiger partial charge in [0.1, 0.15) is 23.0 Å². The number of halogens is 1. The van der Waals surface area contributed by atoms with E-state index in [-0.39, 0.29) is 11.9 Å². The lowest BCUT2D eigenvalue weighted by atomic mass is 9.98. The van der Waals surface area contributed by atoms with Gasteiger partial charge in [-0.05, 0) is 63.2 Å². The molecular weight excluding hydrogens is 511 g/mol. The number of methoxy groups -OCH3 is 1. The van der Waals surface area contributed by atoms with Gasteiger partial charge in [-0.25, -0.2) is 18.9 Å². The average Bonchev–Trinajstić information content (AvgIpc) is 3.42. The van der Waals surface area contributed by atoms with E-state index in [0.717, 1.165) is 28.1 Å². The Labute approximate surface area is 232 Å². The number of carbonyl (C=O) groups is 1. The number of aromatic nitrogens is 3. The van der Waals surface area contributed by atoms with E-state index in [4.69, 9.17) is 15.2 Å². The first-order valence-electron chi connectivity index (χ1n) is 13.1. The van der Waals surface area contributed by atoms with Crippen LogP contribution >= 0.6 is 0 Å². The van der Waals surface area contributed by atoms with E-state index >= 15 is 0 Å². The van der Waals surface area contributed by atoms with Crippen LogP contribution in [0, 0.1) is 5.82 Å². The summed E-state index contributed by atoms with van der Waals surface area (Å²) in [6.45, 7) is 8.07. The van der Waals surface area contributed by atoms with Crippen molar-refractivity contribution in [1.82, 2.24) is 19.7 Å². The number of carbonyl (C=O) groups excluding carboxylic acids is 1. The van der Waals surface area contributed by atoms with Gasteiger partial charge in [0.25, 0.3) is 0 Å². The fourth-order valence-electron chi connectivity index (χ4n) is 4.79. The maximum absolute atomic E-state index is 14.0. The molecule has 0 radical (unpaired) electrons. The molecule has 9 nitrogen and oxygen atoms in total. The van der Waals surface area contributed by atoms with E-state index in [9.17, 15) is 9.18 Å². The molecule has 5 rings (SSSR count). The Bertz CT molecular complexity index is 1520. The highest BCUT2D eigenvalue weighted by Gasteiger charge is 2.26. The van der Waals surface area contributed by atoms with E-state index in [1.165, 1.54) is 12.1 Å². The second kappa shape index (κ2) is 10.9. The number of benzene rings is 2. The number of nitrogens with two attached hydrogens (primary N) is 1. The van der Waals surface area contributed by atoms with Gasteiger partial charge in [0.2, 0.25) is 0 Å². The lowest BCUT2D eigenvalue weighted by Gasteiger charge is -2.37. The van der Waals surface area contributed by atoms with E-state index in [1.807, 2.05) is 45.0 Å². The molecule has 1 amide bonds. The molecule has 2 aromatic carbocycles. The summed E-state index contributed by atoms with van der Waals surface area (Å²) < 4.78 is 27.0. The lowest BCUT2D eigenvalue weighted by molar-refractivity contribution is 0.0240. The van der Waals surface area contributed by atoms with Crippen LogP contribution in [-0.4, -0.2) is 64.6 Å². The Morgan fingerprint density at radius 2 is 1.73 bits per heavy atom. The van der Waals surface area contributed by atoms with Crippen LogP contribution in [0.5, 0.6) is 5.75 Å². The number of anilines is 2. The maximum atomic E-state index is 14.0. The average molecular weight is 545 g/mol. The number of ether oxygens (including phenoxy) is 2. The molecular formula is C30H33FN6O3. The van der Waals surface area contributed by atoms with Crippen LogP contribution in [0.15, 0.2) is 67.0 Å². The van der Waals surface area contributed by atoms with Crippen LogP contribution in [0.4, 0.5) is 20.7 Å². The van der Waals surface area contributed by atoms with Crippen LogP contribution < -0.4 is 15.4 Å². The molecule has 1 saturated heterocycles. The molecule has 0 saturated carbocycles. The molecule has 4 aromatic rings. The molecule has 1 aliphatic heterocycles. The Kier molecular flexibility index (Phi) is 7.34. The van der Waals surface area contributed by atoms with Gasteiger partial charge in [-0.2, -0.15) is 5.10 Å². The zero-order valence-electron chi connectivity index (χ0n) is 23.1. The van der Waals surface area contributed by atoms with Crippen molar-refractivity contribution in [2.45, 2.75) is 26.4 Å². The van der Waals surface area contributed by atoms with Crippen molar-refractivity contribution in [3.63, 3.8) is 0 Å². The highest BCUT2D eigenvalue weighted by Crippen LogP contribution is 2.40. The first-order chi connectivity index (χ1) is 19.1. The third-order valence-corrected chi connectivity index (χ3v) is 6.67. The first kappa shape index (κ1) is 27.0. The second-order valence-electron chi connectivity index (χ2n) is 10.6. The van der Waals surface area contributed by atoms with E-state index in [1.54, 1.807) is 47.3 Å². The number of hydrogen-bond donors (Lipinski definition) is 1. The quantitative estimate of drug-likeness (QED) is 0.360. The number of nitrogens with zero attached hydrogens (tertiary/aromatic N) is 5. The van der Waals surface area contributed by atoms with Crippen molar-refractivity contribution in [1.29, 1.82) is 0 Å². The summed E-state index contributed by atoms with van der Waals surface area (Å²) in [6, 6.07) is 15.9. The summed E-state index contributed by atoms with van der Waals surface area (Å²) in [5.74, 6) is 0.665. The molecule has 2 aromatic heterocycles. The topological polar surface area (TPSA) is 98.7 Å². The fraction of sp³-hybridized carbons (Fsp3) is 0.300. The van der Waals surface area contributed by atoms with Gasteiger partial charge in [-0.1, -0.05) is 6.07 Å². The minimum atomic E-state index is -0.526. The summed E-state index contributed by atoms with van der Waals surface area (Å²) in [6.07, 6.45) is 3.09. The third kappa shape index (κ3) is 5.70. The minimum absolute atomic E-state index is 0.291. The molecule has 1 aliphatic rings. The standard InChI is InChI=1S/C30H33FN6O3/c1-30(2,3)40-29(38)36-14-12-35(13-15-36)21-8-9-23(27(17-21)39-4)25-19-33-28(32)18-24(25)26-10-11-34-37(26)22-7-5-6-20(31)16-22/h5-11,16-19H,12-15H2,1-4H3,(H2,32,33). The SMILES string of the molecule is COc1cc(N2CCN(C(=O)OC(C)(C)C)CC2)ccc1-c1cnc(N)cc1-c1ccnn1-c1cccc(F)c1. The van der Waals surface area contributed by atoms with Crippen LogP contribution in [0.25, 0.3) is 28.1 Å². The number of pyridine rings is 1. The maximum Gasteiger partial charge on any atom is 0.410 e. The minimum Gasteiger partial charge on any atom is -0.496 e. The number of amides is 1. The summed E-state index contributed by atoms with van der Waals surface area (Å²) in [4.78, 5) is 20.8. The predicted molar refractivity (Wildman–Crippen MR) is 153 cm³/mol. The fourth-order valence-corrected chi connectivity index (χ4v) is 4.79. The van der Waals surface area contributed by atoms with Crippen molar-refractivity contribution in [2.75, 3.05) is 43.9 Å². The smallest absolute Gasteiger partial charge is 0.410 e. The van der Waals surface area contributed by atoms with Crippen molar-refractivity contribution < 1.29 is 18.7 Å². The monoisotopic (exact) mass is 544 g/mol. The van der Waals surface area contributed by atoms with Gasteiger partial charge in [0, 0.05) is 60.8 Å². The number of rotatable bonds is 5.